The predicted octanol–water partition coefficient (Wildman–Crippen LogP) is 3.31. The van der Waals surface area contributed by atoms with E-state index in [9.17, 15) is 22.8 Å². The molecular weight excluding hydrogens is 387 g/mol. The van der Waals surface area contributed by atoms with E-state index in [2.05, 4.69) is 15.4 Å². The predicted molar refractivity (Wildman–Crippen MR) is 102 cm³/mol. The third-order valence-electron chi connectivity index (χ3n) is 4.78. The fourth-order valence-corrected chi connectivity index (χ4v) is 3.41. The Kier molecular flexibility index (Phi) is 6.26. The summed E-state index contributed by atoms with van der Waals surface area (Å²) in [7, 11) is 0. The lowest BCUT2D eigenvalue weighted by Gasteiger charge is -2.23. The number of nitrogens with zero attached hydrogens (tertiary/aromatic N) is 1. The van der Waals surface area contributed by atoms with E-state index in [4.69, 9.17) is 0 Å². The summed E-state index contributed by atoms with van der Waals surface area (Å²) in [6.45, 7) is 3.92. The summed E-state index contributed by atoms with van der Waals surface area (Å²) in [5, 5.41) is 5.78. The van der Waals surface area contributed by atoms with Crippen LogP contribution in [0.3, 0.4) is 0 Å². The van der Waals surface area contributed by atoms with Crippen molar-refractivity contribution in [3.63, 3.8) is 0 Å². The number of pyridine rings is 1. The van der Waals surface area contributed by atoms with Gasteiger partial charge in [0.05, 0.1) is 0 Å². The topological polar surface area (TPSA) is 72.4 Å². The van der Waals surface area contributed by atoms with Crippen molar-refractivity contribution in [2.45, 2.75) is 32.7 Å². The van der Waals surface area contributed by atoms with Crippen molar-refractivity contribution in [3.8, 4) is 5.75 Å². The van der Waals surface area contributed by atoms with Gasteiger partial charge >= 0.3 is 6.36 Å². The van der Waals surface area contributed by atoms with E-state index in [0.717, 1.165) is 38.1 Å². The highest BCUT2D eigenvalue weighted by molar-refractivity contribution is 6.05. The molecule has 2 heterocycles. The second kappa shape index (κ2) is 8.69. The number of rotatable bonds is 5. The number of benzene rings is 1. The van der Waals surface area contributed by atoms with Crippen LogP contribution in [0.15, 0.2) is 41.3 Å². The molecule has 2 aromatic rings. The lowest BCUT2D eigenvalue weighted by Crippen LogP contribution is -2.36. The average molecular weight is 409 g/mol. The Morgan fingerprint density at radius 1 is 1.34 bits per heavy atom. The van der Waals surface area contributed by atoms with Crippen LogP contribution in [0.5, 0.6) is 5.75 Å². The van der Waals surface area contributed by atoms with Gasteiger partial charge in [-0.05, 0) is 62.5 Å². The van der Waals surface area contributed by atoms with E-state index < -0.39 is 23.6 Å². The summed E-state index contributed by atoms with van der Waals surface area (Å²) in [5.41, 5.74) is 0.143. The SMILES string of the molecule is Cc1ccn(CC2CCCNC2)c(=O)c1C(=O)Nc1cccc(OC(F)(F)F)c1. The number of piperidine rings is 1. The molecule has 1 aliphatic rings. The molecule has 0 saturated carbocycles. The van der Waals surface area contributed by atoms with Crippen molar-refractivity contribution in [2.75, 3.05) is 18.4 Å². The number of halogens is 3. The smallest absolute Gasteiger partial charge is 0.406 e. The van der Waals surface area contributed by atoms with Gasteiger partial charge in [-0.25, -0.2) is 0 Å². The molecule has 156 valence electrons. The zero-order chi connectivity index (χ0) is 21.0. The van der Waals surface area contributed by atoms with Gasteiger partial charge in [0, 0.05) is 24.5 Å². The van der Waals surface area contributed by atoms with E-state index in [-0.39, 0.29) is 11.3 Å². The maximum atomic E-state index is 12.9. The largest absolute Gasteiger partial charge is 0.573 e. The number of hydrogen-bond donors (Lipinski definition) is 2. The summed E-state index contributed by atoms with van der Waals surface area (Å²) in [6, 6.07) is 6.61. The lowest BCUT2D eigenvalue weighted by molar-refractivity contribution is -0.274. The van der Waals surface area contributed by atoms with Gasteiger partial charge in [-0.2, -0.15) is 0 Å². The number of carbonyl (C=O) groups is 1. The summed E-state index contributed by atoms with van der Waals surface area (Å²) >= 11 is 0. The molecule has 0 spiro atoms. The number of hydrogen-bond acceptors (Lipinski definition) is 4. The molecule has 1 aliphatic heterocycles. The number of nitrogens with one attached hydrogen (secondary N) is 2. The van der Waals surface area contributed by atoms with Crippen molar-refractivity contribution in [2.24, 2.45) is 5.92 Å². The van der Waals surface area contributed by atoms with E-state index in [1.54, 1.807) is 19.2 Å². The Labute approximate surface area is 165 Å². The fraction of sp³-hybridized carbons (Fsp3) is 0.400. The standard InChI is InChI=1S/C20H22F3N3O3/c1-13-7-9-26(12-14-4-3-8-24-11-14)19(28)17(13)18(27)25-15-5-2-6-16(10-15)29-20(21,22)23/h2,5-7,9-10,14,24H,3-4,8,11-12H2,1H3,(H,25,27). The van der Waals surface area contributed by atoms with Gasteiger partial charge in [-0.3, -0.25) is 9.59 Å². The van der Waals surface area contributed by atoms with Gasteiger partial charge in [-0.1, -0.05) is 6.07 Å². The number of aryl methyl sites for hydroxylation is 1. The normalized spacial score (nSPS) is 17.0. The molecule has 1 amide bonds. The van der Waals surface area contributed by atoms with E-state index in [0.29, 0.717) is 18.0 Å². The molecule has 2 N–H and O–H groups in total. The zero-order valence-electron chi connectivity index (χ0n) is 15.9. The van der Waals surface area contributed by atoms with Gasteiger partial charge in [0.25, 0.3) is 11.5 Å². The molecular formula is C20H22F3N3O3. The zero-order valence-corrected chi connectivity index (χ0v) is 15.9. The molecule has 1 saturated heterocycles. The van der Waals surface area contributed by atoms with Crippen LogP contribution in [0.1, 0.15) is 28.8 Å². The molecule has 3 rings (SSSR count). The average Bonchev–Trinajstić information content (AvgIpc) is 2.64. The lowest BCUT2D eigenvalue weighted by atomic mass is 9.99. The highest BCUT2D eigenvalue weighted by Gasteiger charge is 2.31. The Morgan fingerprint density at radius 2 is 2.14 bits per heavy atom. The summed E-state index contributed by atoms with van der Waals surface area (Å²) in [4.78, 5) is 25.6. The monoisotopic (exact) mass is 409 g/mol. The first-order chi connectivity index (χ1) is 13.7. The van der Waals surface area contributed by atoms with Crippen LogP contribution in [0.4, 0.5) is 18.9 Å². The first kappa shape index (κ1) is 20.9. The maximum absolute atomic E-state index is 12.9. The van der Waals surface area contributed by atoms with Crippen LogP contribution >= 0.6 is 0 Å². The van der Waals surface area contributed by atoms with Crippen LogP contribution < -0.4 is 20.9 Å². The highest BCUT2D eigenvalue weighted by Crippen LogP contribution is 2.25. The first-order valence-electron chi connectivity index (χ1n) is 9.31. The number of aromatic nitrogens is 1. The van der Waals surface area contributed by atoms with E-state index >= 15 is 0 Å². The minimum Gasteiger partial charge on any atom is -0.406 e. The summed E-state index contributed by atoms with van der Waals surface area (Å²) < 4.78 is 42.5. The number of anilines is 1. The van der Waals surface area contributed by atoms with Crippen molar-refractivity contribution in [1.82, 2.24) is 9.88 Å². The van der Waals surface area contributed by atoms with Crippen LogP contribution in [0.2, 0.25) is 0 Å². The molecule has 0 aliphatic carbocycles. The number of carbonyl (C=O) groups excluding carboxylic acids is 1. The molecule has 9 heteroatoms. The van der Waals surface area contributed by atoms with Crippen LogP contribution in [0.25, 0.3) is 0 Å². The van der Waals surface area contributed by atoms with Gasteiger partial charge in [0.2, 0.25) is 0 Å². The van der Waals surface area contributed by atoms with Gasteiger partial charge < -0.3 is 19.9 Å². The van der Waals surface area contributed by atoms with Crippen LogP contribution in [0, 0.1) is 12.8 Å². The molecule has 1 aromatic carbocycles. The quantitative estimate of drug-likeness (QED) is 0.795. The molecule has 1 aromatic heterocycles. The summed E-state index contributed by atoms with van der Waals surface area (Å²) in [6.07, 6.45) is -1.13. The van der Waals surface area contributed by atoms with Crippen molar-refractivity contribution >= 4 is 11.6 Å². The second-order valence-corrected chi connectivity index (χ2v) is 7.07. The number of alkyl halides is 3. The Hall–Kier alpha value is -2.81. The minimum atomic E-state index is -4.83. The fourth-order valence-electron chi connectivity index (χ4n) is 3.41. The molecule has 0 bridgehead atoms. The third-order valence-corrected chi connectivity index (χ3v) is 4.78. The maximum Gasteiger partial charge on any atom is 0.573 e. The van der Waals surface area contributed by atoms with Crippen LogP contribution in [-0.2, 0) is 6.54 Å². The second-order valence-electron chi connectivity index (χ2n) is 7.07. The molecule has 1 unspecified atom stereocenters. The number of ether oxygens (including phenoxy) is 1. The summed E-state index contributed by atoms with van der Waals surface area (Å²) in [5.74, 6) is -0.827. The van der Waals surface area contributed by atoms with Crippen LogP contribution in [-0.4, -0.2) is 29.9 Å². The van der Waals surface area contributed by atoms with Crippen molar-refractivity contribution in [1.29, 1.82) is 0 Å². The minimum absolute atomic E-state index is 0.0292. The molecule has 1 fully saturated rings. The van der Waals surface area contributed by atoms with Crippen molar-refractivity contribution in [3.05, 3.63) is 58.0 Å². The third kappa shape index (κ3) is 5.60. The molecule has 1 atom stereocenters. The van der Waals surface area contributed by atoms with E-state index in [1.807, 2.05) is 0 Å². The number of amides is 1. The first-order valence-corrected chi connectivity index (χ1v) is 9.31. The van der Waals surface area contributed by atoms with Crippen molar-refractivity contribution < 1.29 is 22.7 Å². The molecule has 6 nitrogen and oxygen atoms in total. The Balaban J connectivity index is 1.79. The van der Waals surface area contributed by atoms with Gasteiger partial charge in [0.15, 0.2) is 0 Å². The van der Waals surface area contributed by atoms with Gasteiger partial charge in [-0.15, -0.1) is 13.2 Å². The molecule has 29 heavy (non-hydrogen) atoms. The van der Waals surface area contributed by atoms with E-state index in [1.165, 1.54) is 16.7 Å². The van der Waals surface area contributed by atoms with Gasteiger partial charge in [0.1, 0.15) is 11.3 Å². The molecule has 0 radical (unpaired) electrons. The highest BCUT2D eigenvalue weighted by atomic mass is 19.4. The Bertz CT molecular complexity index is 935. The Morgan fingerprint density at radius 3 is 2.83 bits per heavy atom.